The highest BCUT2D eigenvalue weighted by molar-refractivity contribution is 7.47. The first-order chi connectivity index (χ1) is 52.7. The number of unbranched alkanes of at least 4 members (excludes halogenated alkanes) is 28. The van der Waals surface area contributed by atoms with E-state index in [1.165, 1.54) is 64.2 Å². The molecule has 5 unspecified atom stereocenters. The molecule has 0 aliphatic rings. The largest absolute Gasteiger partial charge is 0.472 e. The average Bonchev–Trinajstić information content (AvgIpc) is 0.901. The summed E-state index contributed by atoms with van der Waals surface area (Å²) in [6, 6.07) is 0. The van der Waals surface area contributed by atoms with Crippen molar-refractivity contribution < 1.29 is 80.2 Å². The molecule has 0 aliphatic carbocycles. The van der Waals surface area contributed by atoms with E-state index in [0.717, 1.165) is 186 Å². The Kier molecular flexibility index (Phi) is 76.3. The van der Waals surface area contributed by atoms with Crippen LogP contribution in [0.1, 0.15) is 336 Å². The minimum atomic E-state index is -5.00. The molecule has 0 aromatic heterocycles. The Morgan fingerprint density at radius 3 is 0.796 bits per heavy atom. The fourth-order valence-electron chi connectivity index (χ4n) is 11.0. The molecule has 0 aliphatic heterocycles. The molecule has 3 N–H and O–H groups in total. The van der Waals surface area contributed by atoms with Gasteiger partial charge in [0, 0.05) is 25.7 Å². The van der Waals surface area contributed by atoms with E-state index in [1.807, 2.05) is 18.2 Å². The highest BCUT2D eigenvalue weighted by Gasteiger charge is 2.30. The van der Waals surface area contributed by atoms with E-state index >= 15 is 0 Å². The smallest absolute Gasteiger partial charge is 0.462 e. The standard InChI is InChI=1S/C89H150O17P2/c1-5-9-13-17-21-25-29-33-37-40-41-44-47-50-54-58-62-66-70-74-87(92)100-79-84(105-88(93)75-71-67-63-59-55-51-45-36-32-28-24-20-16-12-8-4)81-103-107(95,96)101-77-83(90)78-102-108(97,98)104-82-85(106-89(94)76-72-68-64-60-56-52-48-43-39-35-31-27-23-19-15-11-7-3)80-99-86(91)73-69-65-61-57-53-49-46-42-38-34-30-26-22-18-14-10-6-2/h9-11,13-15,21-23,25-27,33-35,37-39,41,44,50,54,62,66,83-85,90H,5-8,12,16-20,24,28-32,36,40,42-43,45-49,51-53,55-61,63-65,67-82H2,1-4H3,(H,95,96)(H,97,98)/b13-9-,14-10-,15-11-,25-21-,26-22-,27-23-,37-33-,38-34-,39-35-,44-41-,54-50-,66-62-. The zero-order valence-electron chi connectivity index (χ0n) is 67.7. The molecule has 5 atom stereocenters. The van der Waals surface area contributed by atoms with Gasteiger partial charge in [-0.25, -0.2) is 9.13 Å². The van der Waals surface area contributed by atoms with Crippen molar-refractivity contribution >= 4 is 39.5 Å². The monoisotopic (exact) mass is 1550 g/mol. The number of carbonyl (C=O) groups is 4. The predicted octanol–water partition coefficient (Wildman–Crippen LogP) is 25.0. The Morgan fingerprint density at radius 1 is 0.269 bits per heavy atom. The van der Waals surface area contributed by atoms with Crippen molar-refractivity contribution in [1.29, 1.82) is 0 Å². The van der Waals surface area contributed by atoms with E-state index in [-0.39, 0.29) is 25.7 Å². The summed E-state index contributed by atoms with van der Waals surface area (Å²) in [4.78, 5) is 73.2. The second-order valence-electron chi connectivity index (χ2n) is 27.6. The maximum absolute atomic E-state index is 13.1. The number of esters is 4. The molecule has 0 saturated heterocycles. The normalized spacial score (nSPS) is 14.5. The number of rotatable bonds is 78. The first-order valence-electron chi connectivity index (χ1n) is 42.1. The molecule has 0 spiro atoms. The van der Waals surface area contributed by atoms with Crippen molar-refractivity contribution in [2.75, 3.05) is 39.6 Å². The van der Waals surface area contributed by atoms with E-state index < -0.39 is 97.5 Å². The van der Waals surface area contributed by atoms with E-state index in [1.54, 1.807) is 0 Å². The molecule has 0 radical (unpaired) electrons. The van der Waals surface area contributed by atoms with E-state index in [4.69, 9.17) is 37.0 Å². The van der Waals surface area contributed by atoms with Crippen LogP contribution < -0.4 is 0 Å². The number of aliphatic hydroxyl groups excluding tert-OH is 1. The molecule has 0 heterocycles. The lowest BCUT2D eigenvalue weighted by molar-refractivity contribution is -0.161. The van der Waals surface area contributed by atoms with Crippen LogP contribution in [0.4, 0.5) is 0 Å². The van der Waals surface area contributed by atoms with Crippen molar-refractivity contribution in [3.8, 4) is 0 Å². The van der Waals surface area contributed by atoms with Crippen LogP contribution in [-0.4, -0.2) is 96.7 Å². The maximum Gasteiger partial charge on any atom is 0.472 e. The average molecular weight is 1550 g/mol. The molecule has 108 heavy (non-hydrogen) atoms. The zero-order valence-corrected chi connectivity index (χ0v) is 69.5. The maximum atomic E-state index is 13.1. The summed E-state index contributed by atoms with van der Waals surface area (Å²) in [5.74, 6) is -2.28. The number of phosphoric acid groups is 2. The first-order valence-corrected chi connectivity index (χ1v) is 45.1. The van der Waals surface area contributed by atoms with Gasteiger partial charge in [0.15, 0.2) is 12.2 Å². The van der Waals surface area contributed by atoms with E-state index in [0.29, 0.717) is 32.1 Å². The summed E-state index contributed by atoms with van der Waals surface area (Å²) >= 11 is 0. The molecule has 17 nitrogen and oxygen atoms in total. The molecule has 0 bridgehead atoms. The van der Waals surface area contributed by atoms with Crippen LogP contribution >= 0.6 is 15.6 Å². The summed E-state index contributed by atoms with van der Waals surface area (Å²) in [5.41, 5.74) is 0. The van der Waals surface area contributed by atoms with Crippen LogP contribution in [0.15, 0.2) is 146 Å². The molecule has 618 valence electrons. The summed E-state index contributed by atoms with van der Waals surface area (Å²) in [6.45, 7) is 4.48. The van der Waals surface area contributed by atoms with Crippen LogP contribution in [0.2, 0.25) is 0 Å². The summed E-state index contributed by atoms with van der Waals surface area (Å²) in [6.07, 6.45) is 92.5. The minimum Gasteiger partial charge on any atom is -0.462 e. The number of allylic oxidation sites excluding steroid dienone is 24. The Bertz CT molecular complexity index is 2610. The molecular formula is C89H150O17P2. The quantitative estimate of drug-likeness (QED) is 0.0169. The third kappa shape index (κ3) is 79.0. The molecule has 0 aromatic rings. The molecule has 0 aromatic carbocycles. The van der Waals surface area contributed by atoms with Gasteiger partial charge in [-0.1, -0.05) is 328 Å². The Morgan fingerprint density at radius 2 is 0.500 bits per heavy atom. The van der Waals surface area contributed by atoms with Crippen LogP contribution in [-0.2, 0) is 65.4 Å². The summed E-state index contributed by atoms with van der Waals surface area (Å²) < 4.78 is 68.7. The van der Waals surface area contributed by atoms with Crippen molar-refractivity contribution in [3.63, 3.8) is 0 Å². The molecular weight excluding hydrogens is 1400 g/mol. The van der Waals surface area contributed by atoms with Gasteiger partial charge < -0.3 is 33.8 Å². The molecule has 0 fully saturated rings. The number of carbonyl (C=O) groups excluding carboxylic acids is 4. The number of hydrogen-bond acceptors (Lipinski definition) is 15. The van der Waals surface area contributed by atoms with E-state index in [2.05, 4.69) is 155 Å². The van der Waals surface area contributed by atoms with Crippen LogP contribution in [0.5, 0.6) is 0 Å². The van der Waals surface area contributed by atoms with Gasteiger partial charge in [-0.3, -0.25) is 37.3 Å². The molecule has 0 rings (SSSR count). The van der Waals surface area contributed by atoms with Gasteiger partial charge in [-0.2, -0.15) is 0 Å². The fourth-order valence-corrected chi connectivity index (χ4v) is 12.6. The van der Waals surface area contributed by atoms with Crippen molar-refractivity contribution in [3.05, 3.63) is 146 Å². The SMILES string of the molecule is CC/C=C\C/C=C\C/C=C\C/C=C\C/C=C\C/C=C\CCC(=O)OCC(COP(=O)(O)OCC(O)COP(=O)(O)OCC(COC(=O)CCCCCCCCC/C=C\C/C=C\C/C=C\CC)OC(=O)CCCCCCCCC/C=C\C/C=C\C/C=C\CC)OC(=O)CCCCCCCCCCCCCCCCC. The van der Waals surface area contributed by atoms with E-state index in [9.17, 15) is 43.2 Å². The fraction of sp³-hybridized carbons (Fsp3) is 0.685. The van der Waals surface area contributed by atoms with Gasteiger partial charge in [0.25, 0.3) is 0 Å². The molecule has 0 saturated carbocycles. The minimum absolute atomic E-state index is 0.0350. The van der Waals surface area contributed by atoms with Gasteiger partial charge >= 0.3 is 39.5 Å². The summed E-state index contributed by atoms with van der Waals surface area (Å²) in [5, 5.41) is 10.7. The van der Waals surface area contributed by atoms with Crippen molar-refractivity contribution in [1.82, 2.24) is 0 Å². The van der Waals surface area contributed by atoms with Crippen molar-refractivity contribution in [2.24, 2.45) is 0 Å². The molecule has 0 amide bonds. The lowest BCUT2D eigenvalue weighted by atomic mass is 10.0. The van der Waals surface area contributed by atoms with Crippen LogP contribution in [0, 0.1) is 0 Å². The van der Waals surface area contributed by atoms with Gasteiger partial charge in [0.2, 0.25) is 0 Å². The lowest BCUT2D eigenvalue weighted by Gasteiger charge is -2.21. The zero-order chi connectivity index (χ0) is 78.9. The molecule has 19 heteroatoms. The Balaban J connectivity index is 5.44. The highest BCUT2D eigenvalue weighted by atomic mass is 31.2. The lowest BCUT2D eigenvalue weighted by Crippen LogP contribution is -2.30. The first kappa shape index (κ1) is 103. The van der Waals surface area contributed by atoms with Crippen LogP contribution in [0.25, 0.3) is 0 Å². The Labute approximate surface area is 656 Å². The Hall–Kier alpha value is -5.06. The predicted molar refractivity (Wildman–Crippen MR) is 445 cm³/mol. The number of phosphoric ester groups is 2. The third-order valence-electron chi connectivity index (χ3n) is 17.3. The summed E-state index contributed by atoms with van der Waals surface area (Å²) in [7, 11) is -9.99. The van der Waals surface area contributed by atoms with Gasteiger partial charge in [-0.05, 0) is 128 Å². The van der Waals surface area contributed by atoms with Crippen molar-refractivity contribution in [2.45, 2.75) is 354 Å². The number of aliphatic hydroxyl groups is 1. The second-order valence-corrected chi connectivity index (χ2v) is 30.5. The van der Waals surface area contributed by atoms with Crippen LogP contribution in [0.3, 0.4) is 0 Å². The number of hydrogen-bond donors (Lipinski definition) is 3. The van der Waals surface area contributed by atoms with Gasteiger partial charge in [0.1, 0.15) is 19.3 Å². The topological polar surface area (TPSA) is 237 Å². The highest BCUT2D eigenvalue weighted by Crippen LogP contribution is 2.45. The second kappa shape index (κ2) is 80.0. The third-order valence-corrected chi connectivity index (χ3v) is 19.2. The van der Waals surface area contributed by atoms with Gasteiger partial charge in [-0.15, -0.1) is 0 Å². The van der Waals surface area contributed by atoms with Gasteiger partial charge in [0.05, 0.1) is 26.4 Å². The number of ether oxygens (including phenoxy) is 4.